The Balaban J connectivity index is 1.62. The number of benzene rings is 2. The predicted molar refractivity (Wildman–Crippen MR) is 106 cm³/mol. The van der Waals surface area contributed by atoms with Gasteiger partial charge in [-0.25, -0.2) is 9.37 Å². The fourth-order valence-electron chi connectivity index (χ4n) is 3.50. The Morgan fingerprint density at radius 1 is 1.00 bits per heavy atom. The third-order valence-corrected chi connectivity index (χ3v) is 4.80. The van der Waals surface area contributed by atoms with E-state index in [2.05, 4.69) is 15.1 Å². The third kappa shape index (κ3) is 2.51. The molecule has 0 saturated carbocycles. The number of pyridine rings is 1. The number of fused-ring (bicyclic) bond motifs is 4. The van der Waals surface area contributed by atoms with Crippen molar-refractivity contribution in [1.82, 2.24) is 19.6 Å². The molecule has 3 heterocycles. The zero-order valence-electron chi connectivity index (χ0n) is 15.1. The largest absolute Gasteiger partial charge is 0.494 e. The van der Waals surface area contributed by atoms with Crippen molar-refractivity contribution in [3.63, 3.8) is 0 Å². The van der Waals surface area contributed by atoms with Gasteiger partial charge in [0, 0.05) is 22.9 Å². The first-order valence-electron chi connectivity index (χ1n) is 8.79. The molecule has 2 aromatic carbocycles. The van der Waals surface area contributed by atoms with Crippen molar-refractivity contribution in [2.45, 2.75) is 6.42 Å². The maximum Gasteiger partial charge on any atom is 0.222 e. The molecule has 0 atom stereocenters. The number of hydrogen-bond donors (Lipinski definition) is 1. The average molecular weight is 373 g/mol. The minimum Gasteiger partial charge on any atom is -0.494 e. The van der Waals surface area contributed by atoms with Gasteiger partial charge in [0.2, 0.25) is 5.95 Å². The molecule has 0 aliphatic rings. The molecule has 28 heavy (non-hydrogen) atoms. The van der Waals surface area contributed by atoms with Crippen LogP contribution in [-0.2, 0) is 6.42 Å². The number of hydrogen-bond acceptors (Lipinski definition) is 5. The molecule has 5 aromatic rings. The van der Waals surface area contributed by atoms with Gasteiger partial charge in [-0.1, -0.05) is 18.2 Å². The van der Waals surface area contributed by atoms with Gasteiger partial charge in [0.1, 0.15) is 17.1 Å². The van der Waals surface area contributed by atoms with Gasteiger partial charge in [-0.3, -0.25) is 4.98 Å². The van der Waals surface area contributed by atoms with E-state index in [0.29, 0.717) is 28.6 Å². The van der Waals surface area contributed by atoms with Gasteiger partial charge in [-0.2, -0.15) is 9.61 Å². The van der Waals surface area contributed by atoms with Gasteiger partial charge in [0.25, 0.3) is 0 Å². The molecule has 2 N–H and O–H groups in total. The number of para-hydroxylation sites is 1. The molecule has 138 valence electrons. The van der Waals surface area contributed by atoms with Crippen molar-refractivity contribution in [3.05, 3.63) is 71.8 Å². The second-order valence-electron chi connectivity index (χ2n) is 6.55. The van der Waals surface area contributed by atoms with Crippen LogP contribution in [0.15, 0.2) is 54.6 Å². The Kier molecular flexibility index (Phi) is 3.61. The van der Waals surface area contributed by atoms with Crippen LogP contribution in [0.4, 0.5) is 10.3 Å². The van der Waals surface area contributed by atoms with Crippen LogP contribution < -0.4 is 10.5 Å². The number of nitrogen functional groups attached to an aromatic ring is 1. The van der Waals surface area contributed by atoms with Crippen LogP contribution in [0.1, 0.15) is 11.4 Å². The third-order valence-electron chi connectivity index (χ3n) is 4.80. The van der Waals surface area contributed by atoms with Gasteiger partial charge < -0.3 is 10.5 Å². The number of nitrogens with zero attached hydrogens (tertiary/aromatic N) is 4. The fraction of sp³-hybridized carbons (Fsp3) is 0.0952. The van der Waals surface area contributed by atoms with Crippen LogP contribution in [0.2, 0.25) is 0 Å². The SMILES string of the molecule is COc1cccc2c1nc(N)n1nc(Cc3ccc4c(F)cccc4n3)cc21. The quantitative estimate of drug-likeness (QED) is 0.521. The monoisotopic (exact) mass is 373 g/mol. The van der Waals surface area contributed by atoms with Crippen LogP contribution in [0.5, 0.6) is 5.75 Å². The van der Waals surface area contributed by atoms with Gasteiger partial charge in [-0.15, -0.1) is 0 Å². The maximum absolute atomic E-state index is 13.9. The molecule has 0 radical (unpaired) electrons. The summed E-state index contributed by atoms with van der Waals surface area (Å²) >= 11 is 0. The molecule has 5 rings (SSSR count). The van der Waals surface area contributed by atoms with Gasteiger partial charge in [0.05, 0.1) is 23.8 Å². The van der Waals surface area contributed by atoms with Crippen LogP contribution in [0, 0.1) is 5.82 Å². The smallest absolute Gasteiger partial charge is 0.222 e. The van der Waals surface area contributed by atoms with E-state index < -0.39 is 0 Å². The average Bonchev–Trinajstić information content (AvgIpc) is 3.12. The van der Waals surface area contributed by atoms with Gasteiger partial charge >= 0.3 is 0 Å². The zero-order valence-corrected chi connectivity index (χ0v) is 15.1. The highest BCUT2D eigenvalue weighted by atomic mass is 19.1. The lowest BCUT2D eigenvalue weighted by molar-refractivity contribution is 0.419. The molecule has 0 bridgehead atoms. The number of halogens is 1. The fourth-order valence-corrected chi connectivity index (χ4v) is 3.50. The highest BCUT2D eigenvalue weighted by Gasteiger charge is 2.14. The topological polar surface area (TPSA) is 78.3 Å². The molecule has 6 nitrogen and oxygen atoms in total. The molecular formula is C21H16FN5O. The van der Waals surface area contributed by atoms with E-state index in [1.165, 1.54) is 6.07 Å². The van der Waals surface area contributed by atoms with Crippen molar-refractivity contribution in [2.24, 2.45) is 0 Å². The number of anilines is 1. The normalized spacial score (nSPS) is 11.5. The van der Waals surface area contributed by atoms with E-state index in [0.717, 1.165) is 22.3 Å². The van der Waals surface area contributed by atoms with Crippen molar-refractivity contribution < 1.29 is 9.13 Å². The first kappa shape index (κ1) is 16.4. The Labute approximate surface area is 159 Å². The molecule has 0 unspecified atom stereocenters. The number of aromatic nitrogens is 4. The first-order chi connectivity index (χ1) is 13.6. The Morgan fingerprint density at radius 3 is 2.71 bits per heavy atom. The summed E-state index contributed by atoms with van der Waals surface area (Å²) in [7, 11) is 1.60. The van der Waals surface area contributed by atoms with E-state index in [4.69, 9.17) is 10.5 Å². The number of nitrogens with two attached hydrogens (primary N) is 1. The van der Waals surface area contributed by atoms with Crippen LogP contribution in [-0.4, -0.2) is 26.7 Å². The second kappa shape index (κ2) is 6.16. The molecule has 0 saturated heterocycles. The number of rotatable bonds is 3. The Morgan fingerprint density at radius 2 is 1.86 bits per heavy atom. The van der Waals surface area contributed by atoms with Crippen molar-refractivity contribution >= 4 is 33.3 Å². The lowest BCUT2D eigenvalue weighted by Gasteiger charge is -2.07. The molecule has 0 fully saturated rings. The molecule has 7 heteroatoms. The summed E-state index contributed by atoms with van der Waals surface area (Å²) in [6.07, 6.45) is 0.499. The van der Waals surface area contributed by atoms with Crippen LogP contribution in [0.25, 0.3) is 27.3 Å². The molecule has 0 spiro atoms. The summed E-state index contributed by atoms with van der Waals surface area (Å²) in [6, 6.07) is 16.1. The van der Waals surface area contributed by atoms with E-state index in [-0.39, 0.29) is 11.8 Å². The van der Waals surface area contributed by atoms with E-state index in [1.54, 1.807) is 29.8 Å². The summed E-state index contributed by atoms with van der Waals surface area (Å²) < 4.78 is 20.9. The standard InChI is InChI=1S/C21H16FN5O/c1-28-19-7-2-4-15-18-11-13(26-27(18)21(23)25-20(15)19)10-12-8-9-14-16(22)5-3-6-17(14)24-12/h2-9,11H,10H2,1H3,(H2,23,25). The summed E-state index contributed by atoms with van der Waals surface area (Å²) in [5.41, 5.74) is 9.89. The maximum atomic E-state index is 13.9. The Bertz CT molecular complexity index is 1360. The lowest BCUT2D eigenvalue weighted by atomic mass is 10.1. The number of ether oxygens (including phenoxy) is 1. The lowest BCUT2D eigenvalue weighted by Crippen LogP contribution is -2.03. The molecular weight excluding hydrogens is 357 g/mol. The highest BCUT2D eigenvalue weighted by Crippen LogP contribution is 2.29. The Hall–Kier alpha value is -3.74. The molecule has 0 aliphatic carbocycles. The highest BCUT2D eigenvalue weighted by molar-refractivity contribution is 5.97. The minimum absolute atomic E-state index is 0.274. The van der Waals surface area contributed by atoms with Crippen molar-refractivity contribution in [3.8, 4) is 5.75 Å². The minimum atomic E-state index is -0.274. The van der Waals surface area contributed by atoms with Gasteiger partial charge in [0.15, 0.2) is 0 Å². The van der Waals surface area contributed by atoms with E-state index in [1.807, 2.05) is 30.3 Å². The molecule has 3 aromatic heterocycles. The second-order valence-corrected chi connectivity index (χ2v) is 6.55. The zero-order chi connectivity index (χ0) is 19.3. The summed E-state index contributed by atoms with van der Waals surface area (Å²) in [5.74, 6) is 0.669. The van der Waals surface area contributed by atoms with Crippen LogP contribution in [0.3, 0.4) is 0 Å². The van der Waals surface area contributed by atoms with E-state index in [9.17, 15) is 4.39 Å². The summed E-state index contributed by atoms with van der Waals surface area (Å²) in [5, 5.41) is 6.00. The van der Waals surface area contributed by atoms with Crippen LogP contribution >= 0.6 is 0 Å². The van der Waals surface area contributed by atoms with Gasteiger partial charge in [-0.05, 0) is 36.4 Å². The van der Waals surface area contributed by atoms with E-state index >= 15 is 0 Å². The first-order valence-corrected chi connectivity index (χ1v) is 8.79. The van der Waals surface area contributed by atoms with Crippen molar-refractivity contribution in [1.29, 1.82) is 0 Å². The predicted octanol–water partition coefficient (Wildman–Crippen LogP) is 3.75. The summed E-state index contributed by atoms with van der Waals surface area (Å²) in [4.78, 5) is 9.00. The molecule has 0 aliphatic heterocycles. The molecule has 0 amide bonds. The van der Waals surface area contributed by atoms with Crippen molar-refractivity contribution in [2.75, 3.05) is 12.8 Å². The number of methoxy groups -OCH3 is 1. The summed E-state index contributed by atoms with van der Waals surface area (Å²) in [6.45, 7) is 0.